The van der Waals surface area contributed by atoms with Crippen LogP contribution in [-0.2, 0) is 0 Å². The molecule has 1 saturated carbocycles. The summed E-state index contributed by atoms with van der Waals surface area (Å²) >= 11 is 0. The van der Waals surface area contributed by atoms with E-state index in [1.54, 1.807) is 12.1 Å². The van der Waals surface area contributed by atoms with Gasteiger partial charge in [-0.3, -0.25) is 0 Å². The predicted octanol–water partition coefficient (Wildman–Crippen LogP) is 2.29. The van der Waals surface area contributed by atoms with E-state index in [0.29, 0.717) is 11.5 Å². The van der Waals surface area contributed by atoms with Crippen molar-refractivity contribution in [3.63, 3.8) is 0 Å². The first kappa shape index (κ1) is 9.59. The van der Waals surface area contributed by atoms with E-state index in [1.807, 2.05) is 7.05 Å². The quantitative estimate of drug-likeness (QED) is 0.784. The number of benzene rings is 1. The second-order valence-electron chi connectivity index (χ2n) is 3.80. The van der Waals surface area contributed by atoms with Gasteiger partial charge in [0.15, 0.2) is 11.6 Å². The third-order valence-electron chi connectivity index (χ3n) is 2.77. The van der Waals surface area contributed by atoms with Gasteiger partial charge in [0.25, 0.3) is 0 Å². The highest BCUT2D eigenvalue weighted by molar-refractivity contribution is 5.28. The molecule has 1 aromatic carbocycles. The normalized spacial score (nSPS) is 25.1. The molecule has 0 radical (unpaired) electrons. The summed E-state index contributed by atoms with van der Waals surface area (Å²) in [6, 6.07) is 4.41. The molecule has 0 spiro atoms. The van der Waals surface area contributed by atoms with Gasteiger partial charge in [0, 0.05) is 0 Å². The monoisotopic (exact) mass is 197 g/mol. The lowest BCUT2D eigenvalue weighted by molar-refractivity contribution is 0.497. The Morgan fingerprint density at radius 3 is 2.93 bits per heavy atom. The summed E-state index contributed by atoms with van der Waals surface area (Å²) in [7, 11) is 1.87. The van der Waals surface area contributed by atoms with Crippen molar-refractivity contribution in [2.75, 3.05) is 13.6 Å². The smallest absolute Gasteiger partial charge is 0.162 e. The van der Waals surface area contributed by atoms with E-state index in [0.717, 1.165) is 19.0 Å². The average molecular weight is 197 g/mol. The first-order valence-electron chi connectivity index (χ1n) is 4.82. The molecule has 0 heterocycles. The third-order valence-corrected chi connectivity index (χ3v) is 2.77. The fourth-order valence-electron chi connectivity index (χ4n) is 1.92. The van der Waals surface area contributed by atoms with Crippen LogP contribution in [0.4, 0.5) is 8.78 Å². The molecule has 2 rings (SSSR count). The molecule has 76 valence electrons. The minimum atomic E-state index is -0.738. The molecule has 0 aromatic heterocycles. The van der Waals surface area contributed by atoms with Gasteiger partial charge in [-0.1, -0.05) is 12.1 Å². The number of rotatable bonds is 3. The molecular weight excluding hydrogens is 184 g/mol. The molecule has 14 heavy (non-hydrogen) atoms. The van der Waals surface area contributed by atoms with Crippen molar-refractivity contribution in [1.29, 1.82) is 0 Å². The highest BCUT2D eigenvalue weighted by Gasteiger charge is 2.39. The summed E-state index contributed by atoms with van der Waals surface area (Å²) in [5.41, 5.74) is 0.533. The molecular formula is C11H13F2N. The second kappa shape index (κ2) is 3.65. The Bertz CT molecular complexity index is 338. The molecule has 0 amide bonds. The molecule has 1 aliphatic carbocycles. The number of halogens is 2. The third kappa shape index (κ3) is 1.64. The number of hydrogen-bond donors (Lipinski definition) is 1. The summed E-state index contributed by atoms with van der Waals surface area (Å²) in [4.78, 5) is 0. The lowest BCUT2D eigenvalue weighted by Gasteiger charge is -2.02. The number of nitrogens with one attached hydrogen (secondary N) is 1. The van der Waals surface area contributed by atoms with Crippen molar-refractivity contribution in [1.82, 2.24) is 5.32 Å². The van der Waals surface area contributed by atoms with Crippen molar-refractivity contribution in [3.8, 4) is 0 Å². The van der Waals surface area contributed by atoms with Crippen LogP contribution in [0.25, 0.3) is 0 Å². The topological polar surface area (TPSA) is 12.0 Å². The SMILES string of the molecule is CNCC1CC1c1cccc(F)c1F. The molecule has 1 fully saturated rings. The molecule has 1 aromatic rings. The van der Waals surface area contributed by atoms with Gasteiger partial charge in [0.1, 0.15) is 0 Å². The Morgan fingerprint density at radius 1 is 1.43 bits per heavy atom. The van der Waals surface area contributed by atoms with E-state index >= 15 is 0 Å². The summed E-state index contributed by atoms with van der Waals surface area (Å²) in [6.45, 7) is 0.876. The zero-order valence-electron chi connectivity index (χ0n) is 8.06. The van der Waals surface area contributed by atoms with Gasteiger partial charge < -0.3 is 5.32 Å². The van der Waals surface area contributed by atoms with Crippen molar-refractivity contribution in [3.05, 3.63) is 35.4 Å². The van der Waals surface area contributed by atoms with Gasteiger partial charge in [-0.25, -0.2) is 8.78 Å². The fourth-order valence-corrected chi connectivity index (χ4v) is 1.92. The van der Waals surface area contributed by atoms with Crippen LogP contribution in [0.3, 0.4) is 0 Å². The van der Waals surface area contributed by atoms with E-state index < -0.39 is 11.6 Å². The first-order valence-corrected chi connectivity index (χ1v) is 4.82. The molecule has 0 saturated heterocycles. The van der Waals surface area contributed by atoms with Gasteiger partial charge in [-0.05, 0) is 43.5 Å². The van der Waals surface area contributed by atoms with E-state index in [4.69, 9.17) is 0 Å². The zero-order chi connectivity index (χ0) is 10.1. The van der Waals surface area contributed by atoms with E-state index in [9.17, 15) is 8.78 Å². The minimum absolute atomic E-state index is 0.207. The Hall–Kier alpha value is -0.960. The number of hydrogen-bond acceptors (Lipinski definition) is 1. The fraction of sp³-hybridized carbons (Fsp3) is 0.455. The molecule has 2 unspecified atom stereocenters. The lowest BCUT2D eigenvalue weighted by atomic mass is 10.1. The molecule has 1 N–H and O–H groups in total. The Kier molecular flexibility index (Phi) is 2.50. The molecule has 0 aliphatic heterocycles. The van der Waals surface area contributed by atoms with Crippen LogP contribution in [0.5, 0.6) is 0 Å². The second-order valence-corrected chi connectivity index (χ2v) is 3.80. The van der Waals surface area contributed by atoms with Crippen molar-refractivity contribution in [2.24, 2.45) is 5.92 Å². The minimum Gasteiger partial charge on any atom is -0.319 e. The molecule has 3 heteroatoms. The van der Waals surface area contributed by atoms with Gasteiger partial charge in [0.2, 0.25) is 0 Å². The van der Waals surface area contributed by atoms with Crippen LogP contribution in [0.2, 0.25) is 0 Å². The van der Waals surface area contributed by atoms with Crippen LogP contribution < -0.4 is 5.32 Å². The summed E-state index contributed by atoms with van der Waals surface area (Å²) < 4.78 is 26.2. The summed E-state index contributed by atoms with van der Waals surface area (Å²) in [5.74, 6) is -0.733. The Morgan fingerprint density at radius 2 is 2.21 bits per heavy atom. The van der Waals surface area contributed by atoms with Crippen LogP contribution in [0, 0.1) is 17.6 Å². The average Bonchev–Trinajstić information content (AvgIpc) is 2.90. The van der Waals surface area contributed by atoms with E-state index in [1.165, 1.54) is 0 Å². The van der Waals surface area contributed by atoms with Crippen LogP contribution >= 0.6 is 0 Å². The maximum atomic E-state index is 13.3. The highest BCUT2D eigenvalue weighted by atomic mass is 19.2. The summed E-state index contributed by atoms with van der Waals surface area (Å²) in [6.07, 6.45) is 0.960. The van der Waals surface area contributed by atoms with Crippen molar-refractivity contribution >= 4 is 0 Å². The standard InChI is InChI=1S/C11H13F2N/c1-14-6-7-5-9(7)8-3-2-4-10(12)11(8)13/h2-4,7,9,14H,5-6H2,1H3. The Labute approximate surface area is 82.1 Å². The first-order chi connectivity index (χ1) is 6.74. The lowest BCUT2D eigenvalue weighted by Crippen LogP contribution is -2.10. The van der Waals surface area contributed by atoms with Crippen LogP contribution in [0.1, 0.15) is 17.9 Å². The van der Waals surface area contributed by atoms with Gasteiger partial charge in [0.05, 0.1) is 0 Å². The van der Waals surface area contributed by atoms with E-state index in [-0.39, 0.29) is 5.92 Å². The molecule has 0 bridgehead atoms. The van der Waals surface area contributed by atoms with E-state index in [2.05, 4.69) is 5.32 Å². The summed E-state index contributed by atoms with van der Waals surface area (Å²) in [5, 5.41) is 3.05. The maximum Gasteiger partial charge on any atom is 0.162 e. The molecule has 1 aliphatic rings. The van der Waals surface area contributed by atoms with Crippen molar-refractivity contribution < 1.29 is 8.78 Å². The zero-order valence-corrected chi connectivity index (χ0v) is 8.06. The molecule has 1 nitrogen and oxygen atoms in total. The predicted molar refractivity (Wildman–Crippen MR) is 51.1 cm³/mol. The van der Waals surface area contributed by atoms with Crippen LogP contribution in [-0.4, -0.2) is 13.6 Å². The maximum absolute atomic E-state index is 13.3. The van der Waals surface area contributed by atoms with Crippen molar-refractivity contribution in [2.45, 2.75) is 12.3 Å². The van der Waals surface area contributed by atoms with Gasteiger partial charge in [-0.15, -0.1) is 0 Å². The molecule has 2 atom stereocenters. The van der Waals surface area contributed by atoms with Gasteiger partial charge >= 0.3 is 0 Å². The van der Waals surface area contributed by atoms with Crippen LogP contribution in [0.15, 0.2) is 18.2 Å². The van der Waals surface area contributed by atoms with Gasteiger partial charge in [-0.2, -0.15) is 0 Å². The Balaban J connectivity index is 2.15. The largest absolute Gasteiger partial charge is 0.319 e. The highest BCUT2D eigenvalue weighted by Crippen LogP contribution is 2.47.